The number of H-pyrrole nitrogens is 1. The average Bonchev–Trinajstić information content (AvgIpc) is 2.92. The highest BCUT2D eigenvalue weighted by molar-refractivity contribution is 7.99. The molecule has 2 aromatic carbocycles. The van der Waals surface area contributed by atoms with Gasteiger partial charge in [0.2, 0.25) is 0 Å². The van der Waals surface area contributed by atoms with Gasteiger partial charge in [0.05, 0.1) is 12.6 Å². The summed E-state index contributed by atoms with van der Waals surface area (Å²) in [5, 5.41) is 1.12. The monoisotopic (exact) mass is 316 g/mol. The summed E-state index contributed by atoms with van der Waals surface area (Å²) in [4.78, 5) is 5.38. The van der Waals surface area contributed by atoms with Crippen molar-refractivity contribution in [3.8, 4) is 5.75 Å². The standard InChI is InChI=1S/C17H17FN2OS/c1-21-13-3-4-14-15(9-13)20-10-17(14)22-16-5-2-12(18)8-11(16)6-7-19/h2-5,8-10,20H,6-7,19H2,1H3. The fourth-order valence-corrected chi connectivity index (χ4v) is 3.48. The number of methoxy groups -OCH3 is 1. The second-order valence-electron chi connectivity index (χ2n) is 4.96. The molecule has 1 heterocycles. The van der Waals surface area contributed by atoms with E-state index in [1.807, 2.05) is 30.5 Å². The van der Waals surface area contributed by atoms with Crippen molar-refractivity contribution in [2.24, 2.45) is 5.73 Å². The molecule has 22 heavy (non-hydrogen) atoms. The van der Waals surface area contributed by atoms with E-state index in [1.165, 1.54) is 6.07 Å². The molecule has 3 aromatic rings. The molecule has 0 aliphatic rings. The van der Waals surface area contributed by atoms with Crippen LogP contribution in [-0.2, 0) is 6.42 Å². The number of nitrogens with two attached hydrogens (primary N) is 1. The summed E-state index contributed by atoms with van der Waals surface area (Å²) in [6.45, 7) is 0.502. The molecule has 5 heteroatoms. The Hall–Kier alpha value is -1.98. The Kier molecular flexibility index (Phi) is 4.36. The smallest absolute Gasteiger partial charge is 0.123 e. The summed E-state index contributed by atoms with van der Waals surface area (Å²) < 4.78 is 18.6. The van der Waals surface area contributed by atoms with Crippen molar-refractivity contribution in [1.29, 1.82) is 0 Å². The molecule has 3 rings (SSSR count). The first-order valence-corrected chi connectivity index (χ1v) is 7.84. The predicted octanol–water partition coefficient (Wildman–Crippen LogP) is 3.97. The summed E-state index contributed by atoms with van der Waals surface area (Å²) in [5.41, 5.74) is 7.58. The van der Waals surface area contributed by atoms with Crippen LogP contribution in [0.15, 0.2) is 52.4 Å². The minimum absolute atomic E-state index is 0.225. The van der Waals surface area contributed by atoms with Gasteiger partial charge in [0.15, 0.2) is 0 Å². The largest absolute Gasteiger partial charge is 0.497 e. The Morgan fingerprint density at radius 2 is 2.05 bits per heavy atom. The maximum Gasteiger partial charge on any atom is 0.123 e. The lowest BCUT2D eigenvalue weighted by molar-refractivity contribution is 0.415. The fourth-order valence-electron chi connectivity index (χ4n) is 2.41. The maximum absolute atomic E-state index is 13.4. The number of hydrogen-bond donors (Lipinski definition) is 2. The molecular formula is C17H17FN2OS. The molecule has 0 spiro atoms. The summed E-state index contributed by atoms with van der Waals surface area (Å²) >= 11 is 1.62. The molecule has 0 aliphatic heterocycles. The molecule has 1 aromatic heterocycles. The summed E-state index contributed by atoms with van der Waals surface area (Å²) in [5.74, 6) is 0.591. The van der Waals surface area contributed by atoms with Crippen LogP contribution < -0.4 is 10.5 Å². The highest BCUT2D eigenvalue weighted by Gasteiger charge is 2.10. The normalized spacial score (nSPS) is 11.0. The zero-order valence-electron chi connectivity index (χ0n) is 12.2. The minimum atomic E-state index is -0.225. The van der Waals surface area contributed by atoms with Crippen molar-refractivity contribution >= 4 is 22.7 Å². The van der Waals surface area contributed by atoms with E-state index < -0.39 is 0 Å². The molecule has 0 atom stereocenters. The summed E-state index contributed by atoms with van der Waals surface area (Å²) in [6, 6.07) is 10.8. The van der Waals surface area contributed by atoms with Crippen LogP contribution in [0.25, 0.3) is 10.9 Å². The van der Waals surface area contributed by atoms with Gasteiger partial charge in [-0.15, -0.1) is 0 Å². The van der Waals surface area contributed by atoms with Gasteiger partial charge in [0, 0.05) is 27.4 Å². The highest BCUT2D eigenvalue weighted by Crippen LogP contribution is 2.36. The van der Waals surface area contributed by atoms with Crippen LogP contribution in [0, 0.1) is 5.82 Å². The summed E-state index contributed by atoms with van der Waals surface area (Å²) in [6.07, 6.45) is 2.63. The van der Waals surface area contributed by atoms with E-state index in [0.29, 0.717) is 13.0 Å². The van der Waals surface area contributed by atoms with Crippen LogP contribution in [-0.4, -0.2) is 18.6 Å². The van der Waals surface area contributed by atoms with Crippen LogP contribution in [0.3, 0.4) is 0 Å². The Labute approximate surface area is 132 Å². The Balaban J connectivity index is 1.96. The topological polar surface area (TPSA) is 51.0 Å². The van der Waals surface area contributed by atoms with E-state index in [0.717, 1.165) is 32.0 Å². The lowest BCUT2D eigenvalue weighted by atomic mass is 10.1. The number of ether oxygens (including phenoxy) is 1. The average molecular weight is 316 g/mol. The molecule has 0 aliphatic carbocycles. The third-order valence-corrected chi connectivity index (χ3v) is 4.68. The number of aromatic amines is 1. The molecule has 0 bridgehead atoms. The van der Waals surface area contributed by atoms with Crippen LogP contribution in [0.5, 0.6) is 5.75 Å². The number of rotatable bonds is 5. The molecular weight excluding hydrogens is 299 g/mol. The lowest BCUT2D eigenvalue weighted by Crippen LogP contribution is -2.04. The maximum atomic E-state index is 13.4. The lowest BCUT2D eigenvalue weighted by Gasteiger charge is -2.08. The third-order valence-electron chi connectivity index (χ3n) is 3.51. The molecule has 0 radical (unpaired) electrons. The quantitative estimate of drug-likeness (QED) is 0.749. The SMILES string of the molecule is COc1ccc2c(Sc3ccc(F)cc3CCN)c[nH]c2c1. The number of aromatic nitrogens is 1. The minimum Gasteiger partial charge on any atom is -0.497 e. The Morgan fingerprint density at radius 3 is 2.82 bits per heavy atom. The van der Waals surface area contributed by atoms with E-state index in [4.69, 9.17) is 10.5 Å². The molecule has 0 saturated carbocycles. The molecule has 0 fully saturated rings. The van der Waals surface area contributed by atoms with Crippen LogP contribution in [0.1, 0.15) is 5.56 Å². The molecule has 114 valence electrons. The fraction of sp³-hybridized carbons (Fsp3) is 0.176. The summed E-state index contributed by atoms with van der Waals surface area (Å²) in [7, 11) is 1.65. The zero-order valence-corrected chi connectivity index (χ0v) is 13.0. The number of nitrogens with one attached hydrogen (secondary N) is 1. The first-order chi connectivity index (χ1) is 10.7. The molecule has 0 saturated heterocycles. The van der Waals surface area contributed by atoms with Gasteiger partial charge in [-0.1, -0.05) is 11.8 Å². The third kappa shape index (κ3) is 2.96. The first kappa shape index (κ1) is 14.9. The Morgan fingerprint density at radius 1 is 1.18 bits per heavy atom. The zero-order chi connectivity index (χ0) is 15.5. The van der Waals surface area contributed by atoms with Crippen molar-refractivity contribution in [3.05, 3.63) is 54.0 Å². The van der Waals surface area contributed by atoms with E-state index >= 15 is 0 Å². The molecule has 3 nitrogen and oxygen atoms in total. The van der Waals surface area contributed by atoms with E-state index in [2.05, 4.69) is 4.98 Å². The van der Waals surface area contributed by atoms with Gasteiger partial charge < -0.3 is 15.5 Å². The molecule has 3 N–H and O–H groups in total. The highest BCUT2D eigenvalue weighted by atomic mass is 32.2. The number of fused-ring (bicyclic) bond motifs is 1. The van der Waals surface area contributed by atoms with Gasteiger partial charge in [-0.05, 0) is 48.9 Å². The Bertz CT molecular complexity index is 800. The van der Waals surface area contributed by atoms with Gasteiger partial charge in [0.25, 0.3) is 0 Å². The van der Waals surface area contributed by atoms with E-state index in [-0.39, 0.29) is 5.82 Å². The van der Waals surface area contributed by atoms with Crippen LogP contribution >= 0.6 is 11.8 Å². The molecule has 0 amide bonds. The van der Waals surface area contributed by atoms with Crippen LogP contribution in [0.2, 0.25) is 0 Å². The van der Waals surface area contributed by atoms with Gasteiger partial charge in [0.1, 0.15) is 11.6 Å². The van der Waals surface area contributed by atoms with Crippen molar-refractivity contribution in [2.45, 2.75) is 16.2 Å². The van der Waals surface area contributed by atoms with Gasteiger partial charge in [-0.25, -0.2) is 4.39 Å². The first-order valence-electron chi connectivity index (χ1n) is 7.02. The van der Waals surface area contributed by atoms with Crippen molar-refractivity contribution in [3.63, 3.8) is 0 Å². The van der Waals surface area contributed by atoms with Gasteiger partial charge in [-0.2, -0.15) is 0 Å². The van der Waals surface area contributed by atoms with Crippen molar-refractivity contribution in [1.82, 2.24) is 4.98 Å². The molecule has 0 unspecified atom stereocenters. The number of halogens is 1. The number of hydrogen-bond acceptors (Lipinski definition) is 3. The van der Waals surface area contributed by atoms with E-state index in [9.17, 15) is 4.39 Å². The van der Waals surface area contributed by atoms with Gasteiger partial charge in [-0.3, -0.25) is 0 Å². The van der Waals surface area contributed by atoms with Gasteiger partial charge >= 0.3 is 0 Å². The predicted molar refractivity (Wildman–Crippen MR) is 88.1 cm³/mol. The van der Waals surface area contributed by atoms with Crippen LogP contribution in [0.4, 0.5) is 4.39 Å². The second-order valence-corrected chi connectivity index (χ2v) is 6.04. The number of benzene rings is 2. The second kappa shape index (κ2) is 6.42. The van der Waals surface area contributed by atoms with Crippen molar-refractivity contribution in [2.75, 3.05) is 13.7 Å². The van der Waals surface area contributed by atoms with Crippen molar-refractivity contribution < 1.29 is 9.13 Å². The van der Waals surface area contributed by atoms with E-state index in [1.54, 1.807) is 24.9 Å².